The van der Waals surface area contributed by atoms with E-state index in [-0.39, 0.29) is 11.9 Å². The number of carbonyl (C=O) groups is 2. The summed E-state index contributed by atoms with van der Waals surface area (Å²) in [5.41, 5.74) is 0. The van der Waals surface area contributed by atoms with Crippen LogP contribution >= 0.6 is 0 Å². The number of hydrogen-bond acceptors (Lipinski definition) is 4. The molecule has 5 heteroatoms. The van der Waals surface area contributed by atoms with Gasteiger partial charge in [0.05, 0.1) is 13.2 Å². The van der Waals surface area contributed by atoms with Crippen molar-refractivity contribution >= 4 is 12.1 Å². The van der Waals surface area contributed by atoms with Gasteiger partial charge in [0.15, 0.2) is 0 Å². The summed E-state index contributed by atoms with van der Waals surface area (Å²) in [5.74, 6) is -0.335. The first-order chi connectivity index (χ1) is 15.1. The van der Waals surface area contributed by atoms with Crippen LogP contribution < -0.4 is 5.32 Å². The van der Waals surface area contributed by atoms with Gasteiger partial charge in [-0.15, -0.1) is 0 Å². The Morgan fingerprint density at radius 3 is 1.58 bits per heavy atom. The number of hydrogen-bond donors (Lipinski definition) is 1. The summed E-state index contributed by atoms with van der Waals surface area (Å²) in [6.45, 7) is 9.06. The van der Waals surface area contributed by atoms with Crippen LogP contribution in [0.3, 0.4) is 0 Å². The zero-order valence-electron chi connectivity index (χ0n) is 21.0. The third-order valence-corrected chi connectivity index (χ3v) is 5.96. The maximum atomic E-state index is 12.4. The predicted molar refractivity (Wildman–Crippen MR) is 129 cm³/mol. The highest BCUT2D eigenvalue weighted by atomic mass is 16.6. The lowest BCUT2D eigenvalue weighted by molar-refractivity contribution is -0.147. The Bertz CT molecular complexity index is 428. The van der Waals surface area contributed by atoms with E-state index in [9.17, 15) is 9.59 Å². The van der Waals surface area contributed by atoms with Crippen LogP contribution in [0, 0.1) is 5.92 Å². The quantitative estimate of drug-likeness (QED) is 0.147. The summed E-state index contributed by atoms with van der Waals surface area (Å²) < 4.78 is 10.6. The van der Waals surface area contributed by atoms with Gasteiger partial charge in [0, 0.05) is 0 Å². The minimum atomic E-state index is -0.638. The van der Waals surface area contributed by atoms with Crippen molar-refractivity contribution in [2.24, 2.45) is 5.92 Å². The van der Waals surface area contributed by atoms with Crippen LogP contribution in [-0.2, 0) is 14.3 Å². The van der Waals surface area contributed by atoms with E-state index in [0.717, 1.165) is 32.1 Å². The fourth-order valence-electron chi connectivity index (χ4n) is 3.53. The molecule has 0 fully saturated rings. The highest BCUT2D eigenvalue weighted by molar-refractivity contribution is 5.81. The molecule has 1 amide bonds. The smallest absolute Gasteiger partial charge is 0.407 e. The highest BCUT2D eigenvalue weighted by Gasteiger charge is 2.27. The molecule has 0 aromatic rings. The van der Waals surface area contributed by atoms with E-state index < -0.39 is 12.1 Å². The van der Waals surface area contributed by atoms with Crippen molar-refractivity contribution in [3.8, 4) is 0 Å². The molecule has 2 unspecified atom stereocenters. The van der Waals surface area contributed by atoms with Crippen molar-refractivity contribution in [2.75, 3.05) is 13.2 Å². The van der Waals surface area contributed by atoms with E-state index in [4.69, 9.17) is 9.47 Å². The number of alkyl carbamates (subject to hydrolysis) is 1. The van der Waals surface area contributed by atoms with Gasteiger partial charge in [-0.3, -0.25) is 0 Å². The Balaban J connectivity index is 3.78. The van der Waals surface area contributed by atoms with Crippen LogP contribution in [0.4, 0.5) is 4.79 Å². The lowest BCUT2D eigenvalue weighted by Crippen LogP contribution is -2.46. The molecule has 31 heavy (non-hydrogen) atoms. The van der Waals surface area contributed by atoms with Gasteiger partial charge in [-0.1, -0.05) is 118 Å². The molecule has 0 saturated heterocycles. The first-order valence-corrected chi connectivity index (χ1v) is 13.2. The van der Waals surface area contributed by atoms with Crippen molar-refractivity contribution in [3.63, 3.8) is 0 Å². The summed E-state index contributed by atoms with van der Waals surface area (Å²) in [7, 11) is 0. The monoisotopic (exact) mass is 441 g/mol. The molecule has 0 spiro atoms. The second kappa shape index (κ2) is 22.0. The van der Waals surface area contributed by atoms with Crippen LogP contribution in [0.2, 0.25) is 0 Å². The van der Waals surface area contributed by atoms with E-state index in [0.29, 0.717) is 13.2 Å². The molecule has 0 heterocycles. The molecule has 184 valence electrons. The van der Waals surface area contributed by atoms with Gasteiger partial charge < -0.3 is 14.8 Å². The number of esters is 1. The molecule has 0 aliphatic heterocycles. The highest BCUT2D eigenvalue weighted by Crippen LogP contribution is 2.13. The molecule has 1 N–H and O–H groups in total. The SMILES string of the molecule is CCCCCCCCCCCCCCCOC(=O)C(NC(=O)OCCCC)C(C)CC. The third kappa shape index (κ3) is 18.1. The fourth-order valence-corrected chi connectivity index (χ4v) is 3.53. The summed E-state index contributed by atoms with van der Waals surface area (Å²) >= 11 is 0. The molecule has 0 radical (unpaired) electrons. The van der Waals surface area contributed by atoms with Crippen molar-refractivity contribution in [2.45, 2.75) is 136 Å². The summed E-state index contributed by atoms with van der Waals surface area (Å²) in [6, 6.07) is -0.638. The van der Waals surface area contributed by atoms with Crippen molar-refractivity contribution < 1.29 is 19.1 Å². The Morgan fingerprint density at radius 1 is 0.645 bits per heavy atom. The molecular formula is C26H51NO4. The van der Waals surface area contributed by atoms with Gasteiger partial charge in [0.1, 0.15) is 6.04 Å². The Labute approximate surface area is 192 Å². The van der Waals surface area contributed by atoms with Crippen LogP contribution in [0.1, 0.15) is 130 Å². The first kappa shape index (κ1) is 29.7. The normalized spacial score (nSPS) is 12.9. The standard InChI is InChI=1S/C26H51NO4/c1-5-8-10-11-12-13-14-15-16-17-18-19-20-22-30-25(28)24(23(4)7-3)27-26(29)31-21-9-6-2/h23-24H,5-22H2,1-4H3,(H,27,29). The number of nitrogens with one attached hydrogen (secondary N) is 1. The molecule has 2 atom stereocenters. The van der Waals surface area contributed by atoms with E-state index in [1.54, 1.807) is 0 Å². The molecular weight excluding hydrogens is 390 g/mol. The molecule has 0 bridgehead atoms. The summed E-state index contributed by atoms with van der Waals surface area (Å²) in [5, 5.41) is 2.69. The van der Waals surface area contributed by atoms with Gasteiger partial charge in [-0.2, -0.15) is 0 Å². The van der Waals surface area contributed by atoms with Crippen LogP contribution in [0.5, 0.6) is 0 Å². The number of ether oxygens (including phenoxy) is 2. The molecule has 0 aliphatic carbocycles. The van der Waals surface area contributed by atoms with E-state index in [2.05, 4.69) is 12.2 Å². The largest absolute Gasteiger partial charge is 0.464 e. The predicted octanol–water partition coefficient (Wildman–Crippen LogP) is 7.56. The van der Waals surface area contributed by atoms with E-state index in [1.165, 1.54) is 70.6 Å². The molecule has 5 nitrogen and oxygen atoms in total. The minimum Gasteiger partial charge on any atom is -0.464 e. The fraction of sp³-hybridized carbons (Fsp3) is 0.923. The van der Waals surface area contributed by atoms with Gasteiger partial charge >= 0.3 is 12.1 Å². The number of unbranched alkanes of at least 4 members (excludes halogenated alkanes) is 13. The Kier molecular flexibility index (Phi) is 21.1. The summed E-state index contributed by atoms with van der Waals surface area (Å²) in [4.78, 5) is 24.3. The topological polar surface area (TPSA) is 64.6 Å². The van der Waals surface area contributed by atoms with Crippen molar-refractivity contribution in [1.82, 2.24) is 5.32 Å². The van der Waals surface area contributed by atoms with E-state index >= 15 is 0 Å². The lowest BCUT2D eigenvalue weighted by Gasteiger charge is -2.22. The van der Waals surface area contributed by atoms with Gasteiger partial charge in [-0.05, 0) is 18.8 Å². The van der Waals surface area contributed by atoms with Gasteiger partial charge in [-0.25, -0.2) is 9.59 Å². The summed E-state index contributed by atoms with van der Waals surface area (Å²) in [6.07, 6.45) is 18.8. The third-order valence-electron chi connectivity index (χ3n) is 5.96. The Morgan fingerprint density at radius 2 is 1.10 bits per heavy atom. The maximum Gasteiger partial charge on any atom is 0.407 e. The molecule has 0 aliphatic rings. The van der Waals surface area contributed by atoms with Crippen molar-refractivity contribution in [1.29, 1.82) is 0 Å². The molecule has 0 saturated carbocycles. The minimum absolute atomic E-state index is 0.0119. The van der Waals surface area contributed by atoms with Crippen LogP contribution in [0.15, 0.2) is 0 Å². The average molecular weight is 442 g/mol. The first-order valence-electron chi connectivity index (χ1n) is 13.2. The second-order valence-corrected chi connectivity index (χ2v) is 8.91. The maximum absolute atomic E-state index is 12.4. The average Bonchev–Trinajstić information content (AvgIpc) is 2.77. The zero-order chi connectivity index (χ0) is 23.2. The zero-order valence-corrected chi connectivity index (χ0v) is 21.0. The molecule has 0 aromatic heterocycles. The van der Waals surface area contributed by atoms with Crippen LogP contribution in [0.25, 0.3) is 0 Å². The van der Waals surface area contributed by atoms with E-state index in [1.807, 2.05) is 20.8 Å². The Hall–Kier alpha value is -1.26. The van der Waals surface area contributed by atoms with Crippen LogP contribution in [-0.4, -0.2) is 31.3 Å². The lowest BCUT2D eigenvalue weighted by atomic mass is 9.99. The number of rotatable bonds is 21. The second-order valence-electron chi connectivity index (χ2n) is 8.91. The van der Waals surface area contributed by atoms with Crippen molar-refractivity contribution in [3.05, 3.63) is 0 Å². The van der Waals surface area contributed by atoms with Gasteiger partial charge in [0.25, 0.3) is 0 Å². The number of carbonyl (C=O) groups excluding carboxylic acids is 2. The molecule has 0 rings (SSSR count). The number of amides is 1. The molecule has 0 aromatic carbocycles. The van der Waals surface area contributed by atoms with Gasteiger partial charge in [0.2, 0.25) is 0 Å².